The van der Waals surface area contributed by atoms with Crippen LogP contribution in [0.2, 0.25) is 0 Å². The first kappa shape index (κ1) is 10.2. The quantitative estimate of drug-likeness (QED) is 0.753. The summed E-state index contributed by atoms with van der Waals surface area (Å²) in [4.78, 5) is 12.1. The summed E-state index contributed by atoms with van der Waals surface area (Å²) in [6.07, 6.45) is 4.57. The molecule has 1 amide bonds. The van der Waals surface area contributed by atoms with E-state index in [4.69, 9.17) is 0 Å². The van der Waals surface area contributed by atoms with E-state index >= 15 is 0 Å². The van der Waals surface area contributed by atoms with E-state index in [-0.39, 0.29) is 5.91 Å². The van der Waals surface area contributed by atoms with E-state index < -0.39 is 0 Å². The molecule has 0 spiro atoms. The summed E-state index contributed by atoms with van der Waals surface area (Å²) in [6.45, 7) is 1.84. The molecule has 0 saturated carbocycles. The first-order valence-corrected chi connectivity index (χ1v) is 6.77. The number of nitrogens with zero attached hydrogens (tertiary/aromatic N) is 1. The molecule has 3 heteroatoms. The number of rotatable bonds is 0. The zero-order valence-electron chi connectivity index (χ0n) is 10.3. The van der Waals surface area contributed by atoms with E-state index in [1.54, 1.807) is 0 Å². The van der Waals surface area contributed by atoms with Crippen LogP contribution in [0.3, 0.4) is 0 Å². The second-order valence-corrected chi connectivity index (χ2v) is 5.25. The lowest BCUT2D eigenvalue weighted by atomic mass is 10.0. The molecule has 0 saturated heterocycles. The third-order valence-corrected chi connectivity index (χ3v) is 4.23. The molecule has 1 aromatic carbocycles. The van der Waals surface area contributed by atoms with E-state index in [9.17, 15) is 4.79 Å². The highest BCUT2D eigenvalue weighted by Crippen LogP contribution is 2.33. The van der Waals surface area contributed by atoms with Crippen LogP contribution in [-0.4, -0.2) is 17.0 Å². The van der Waals surface area contributed by atoms with Crippen molar-refractivity contribution in [2.75, 3.05) is 6.54 Å². The number of aromatic nitrogens is 1. The van der Waals surface area contributed by atoms with Gasteiger partial charge < -0.3 is 9.88 Å². The Morgan fingerprint density at radius 3 is 3.06 bits per heavy atom. The first-order chi connectivity index (χ1) is 8.86. The molecule has 18 heavy (non-hydrogen) atoms. The monoisotopic (exact) mass is 240 g/mol. The Kier molecular flexibility index (Phi) is 2.04. The molecule has 4 rings (SSSR count). The van der Waals surface area contributed by atoms with E-state index in [0.717, 1.165) is 36.9 Å². The zero-order chi connectivity index (χ0) is 12.1. The summed E-state index contributed by atoms with van der Waals surface area (Å²) in [5, 5.41) is 4.13. The van der Waals surface area contributed by atoms with Crippen molar-refractivity contribution >= 4 is 16.8 Å². The Labute approximate surface area is 106 Å². The Morgan fingerprint density at radius 1 is 1.17 bits per heavy atom. The highest BCUT2D eigenvalue weighted by atomic mass is 16.1. The van der Waals surface area contributed by atoms with Gasteiger partial charge in [0.2, 0.25) is 0 Å². The topological polar surface area (TPSA) is 34.0 Å². The van der Waals surface area contributed by atoms with Crippen molar-refractivity contribution in [2.45, 2.75) is 32.2 Å². The van der Waals surface area contributed by atoms with E-state index in [0.29, 0.717) is 0 Å². The second-order valence-electron chi connectivity index (χ2n) is 5.25. The molecule has 3 heterocycles. The van der Waals surface area contributed by atoms with Crippen molar-refractivity contribution < 1.29 is 4.79 Å². The Balaban J connectivity index is 2.15. The number of benzene rings is 1. The van der Waals surface area contributed by atoms with Crippen LogP contribution in [0.4, 0.5) is 0 Å². The molecule has 0 unspecified atom stereocenters. The fourth-order valence-electron chi connectivity index (χ4n) is 3.47. The largest absolute Gasteiger partial charge is 0.352 e. The molecule has 2 aliphatic rings. The molecule has 0 radical (unpaired) electrons. The van der Waals surface area contributed by atoms with Gasteiger partial charge in [-0.15, -0.1) is 0 Å². The van der Waals surface area contributed by atoms with Crippen LogP contribution in [-0.2, 0) is 19.4 Å². The number of carbonyl (C=O) groups excluding carboxylic acids is 1. The highest BCUT2D eigenvalue weighted by Gasteiger charge is 2.27. The smallest absolute Gasteiger partial charge is 0.253 e. The molecule has 0 bridgehead atoms. The molecular weight excluding hydrogens is 224 g/mol. The van der Waals surface area contributed by atoms with Gasteiger partial charge in [-0.25, -0.2) is 0 Å². The van der Waals surface area contributed by atoms with Crippen LogP contribution in [0.15, 0.2) is 18.2 Å². The van der Waals surface area contributed by atoms with E-state index in [2.05, 4.69) is 28.1 Å². The summed E-state index contributed by atoms with van der Waals surface area (Å²) in [5.41, 5.74) is 4.91. The van der Waals surface area contributed by atoms with Gasteiger partial charge >= 0.3 is 0 Å². The minimum Gasteiger partial charge on any atom is -0.352 e. The molecule has 0 aliphatic carbocycles. The van der Waals surface area contributed by atoms with Gasteiger partial charge in [0.15, 0.2) is 0 Å². The molecule has 2 aromatic rings. The lowest BCUT2D eigenvalue weighted by Gasteiger charge is -2.16. The van der Waals surface area contributed by atoms with Crippen LogP contribution < -0.4 is 5.32 Å². The predicted molar refractivity (Wildman–Crippen MR) is 70.9 cm³/mol. The number of aryl methyl sites for hydroxylation is 2. The SMILES string of the molecule is O=C1NCCc2c1c1cccc3c1n2CCCC3. The number of amides is 1. The highest BCUT2D eigenvalue weighted by molar-refractivity contribution is 6.09. The minimum absolute atomic E-state index is 0.109. The van der Waals surface area contributed by atoms with Gasteiger partial charge in [0, 0.05) is 30.6 Å². The van der Waals surface area contributed by atoms with Crippen molar-refractivity contribution in [2.24, 2.45) is 0 Å². The number of hydrogen-bond acceptors (Lipinski definition) is 1. The normalized spacial score (nSPS) is 18.3. The molecule has 3 nitrogen and oxygen atoms in total. The third kappa shape index (κ3) is 1.22. The van der Waals surface area contributed by atoms with Gasteiger partial charge in [-0.3, -0.25) is 4.79 Å². The fourth-order valence-corrected chi connectivity index (χ4v) is 3.47. The van der Waals surface area contributed by atoms with Crippen molar-refractivity contribution in [1.82, 2.24) is 9.88 Å². The maximum Gasteiger partial charge on any atom is 0.253 e. The average Bonchev–Trinajstić information content (AvgIpc) is 2.56. The van der Waals surface area contributed by atoms with Crippen molar-refractivity contribution in [3.8, 4) is 0 Å². The molecular formula is C15H16N2O. The van der Waals surface area contributed by atoms with Crippen LogP contribution in [0, 0.1) is 0 Å². The lowest BCUT2D eigenvalue weighted by Crippen LogP contribution is -2.32. The summed E-state index contributed by atoms with van der Waals surface area (Å²) >= 11 is 0. The number of para-hydroxylation sites is 1. The van der Waals surface area contributed by atoms with Crippen LogP contribution >= 0.6 is 0 Å². The maximum atomic E-state index is 12.1. The maximum absolute atomic E-state index is 12.1. The van der Waals surface area contributed by atoms with Gasteiger partial charge in [0.1, 0.15) is 0 Å². The number of hydrogen-bond donors (Lipinski definition) is 1. The Bertz CT molecular complexity index is 654. The molecule has 2 aliphatic heterocycles. The van der Waals surface area contributed by atoms with Crippen molar-refractivity contribution in [3.63, 3.8) is 0 Å². The third-order valence-electron chi connectivity index (χ3n) is 4.23. The van der Waals surface area contributed by atoms with Crippen molar-refractivity contribution in [3.05, 3.63) is 35.0 Å². The number of carbonyl (C=O) groups is 1. The van der Waals surface area contributed by atoms with Crippen LogP contribution in [0.25, 0.3) is 10.9 Å². The van der Waals surface area contributed by atoms with Gasteiger partial charge in [-0.05, 0) is 24.8 Å². The predicted octanol–water partition coefficient (Wildman–Crippen LogP) is 2.26. The minimum atomic E-state index is 0.109. The summed E-state index contributed by atoms with van der Waals surface area (Å²) in [5.74, 6) is 0.109. The summed E-state index contributed by atoms with van der Waals surface area (Å²) in [6, 6.07) is 6.41. The van der Waals surface area contributed by atoms with Gasteiger partial charge in [0.25, 0.3) is 5.91 Å². The molecule has 0 fully saturated rings. The standard InChI is InChI=1S/C15H16N2O/c18-15-13-11-6-3-5-10-4-1-2-9-17(14(10)11)12(13)7-8-16-15/h3,5-6H,1-2,4,7-9H2,(H,16,18). The van der Waals surface area contributed by atoms with Crippen LogP contribution in [0.5, 0.6) is 0 Å². The zero-order valence-corrected chi connectivity index (χ0v) is 10.3. The van der Waals surface area contributed by atoms with Crippen LogP contribution in [0.1, 0.15) is 34.5 Å². The summed E-state index contributed by atoms with van der Waals surface area (Å²) < 4.78 is 2.41. The van der Waals surface area contributed by atoms with Gasteiger partial charge in [0.05, 0.1) is 11.1 Å². The summed E-state index contributed by atoms with van der Waals surface area (Å²) in [7, 11) is 0. The fraction of sp³-hybridized carbons (Fsp3) is 0.400. The Morgan fingerprint density at radius 2 is 2.11 bits per heavy atom. The molecule has 1 N–H and O–H groups in total. The van der Waals surface area contributed by atoms with Gasteiger partial charge in [-0.2, -0.15) is 0 Å². The van der Waals surface area contributed by atoms with E-state index in [1.807, 2.05) is 0 Å². The van der Waals surface area contributed by atoms with E-state index in [1.165, 1.54) is 29.6 Å². The first-order valence-electron chi connectivity index (χ1n) is 6.77. The number of nitrogens with one attached hydrogen (secondary N) is 1. The average molecular weight is 240 g/mol. The molecule has 0 atom stereocenters. The second kappa shape index (κ2) is 3.61. The number of fused-ring (bicyclic) bond motifs is 3. The molecule has 1 aromatic heterocycles. The van der Waals surface area contributed by atoms with Gasteiger partial charge in [-0.1, -0.05) is 18.2 Å². The van der Waals surface area contributed by atoms with Crippen molar-refractivity contribution in [1.29, 1.82) is 0 Å². The molecule has 92 valence electrons. The lowest BCUT2D eigenvalue weighted by molar-refractivity contribution is 0.0947. The Hall–Kier alpha value is -1.77.